The largest absolute Gasteiger partial charge is 0.481 e. The maximum Gasteiger partial charge on any atom is 0.317 e. The topological polar surface area (TPSA) is 69.6 Å². The Morgan fingerprint density at radius 3 is 2.44 bits per heavy atom. The summed E-state index contributed by atoms with van der Waals surface area (Å²) in [5, 5.41) is 11.7. The predicted molar refractivity (Wildman–Crippen MR) is 69.4 cm³/mol. The van der Waals surface area contributed by atoms with Gasteiger partial charge in [0.25, 0.3) is 0 Å². The van der Waals surface area contributed by atoms with E-state index in [1.807, 2.05) is 0 Å². The lowest BCUT2D eigenvalue weighted by Gasteiger charge is -2.30. The second-order valence-electron chi connectivity index (χ2n) is 5.85. The molecule has 0 bridgehead atoms. The molecule has 0 aromatic heterocycles. The van der Waals surface area contributed by atoms with Crippen molar-refractivity contribution >= 4 is 12.0 Å². The van der Waals surface area contributed by atoms with E-state index in [-0.39, 0.29) is 6.03 Å². The van der Waals surface area contributed by atoms with Crippen LogP contribution in [0.15, 0.2) is 0 Å². The van der Waals surface area contributed by atoms with Crippen LogP contribution >= 0.6 is 0 Å². The highest BCUT2D eigenvalue weighted by Crippen LogP contribution is 2.26. The van der Waals surface area contributed by atoms with Crippen molar-refractivity contribution in [2.75, 3.05) is 20.1 Å². The van der Waals surface area contributed by atoms with Gasteiger partial charge in [0.05, 0.1) is 5.41 Å². The summed E-state index contributed by atoms with van der Waals surface area (Å²) in [4.78, 5) is 24.3. The minimum atomic E-state index is -0.834. The Labute approximate surface area is 109 Å². The second kappa shape index (κ2) is 6.07. The highest BCUT2D eigenvalue weighted by Gasteiger charge is 2.27. The van der Waals surface area contributed by atoms with E-state index in [0.29, 0.717) is 18.9 Å². The first-order valence-corrected chi connectivity index (χ1v) is 6.55. The monoisotopic (exact) mass is 256 g/mol. The van der Waals surface area contributed by atoms with Crippen LogP contribution in [0.2, 0.25) is 0 Å². The number of urea groups is 1. The number of carboxylic acids is 1. The Bertz CT molecular complexity index is 311. The molecule has 0 aromatic carbocycles. The summed E-state index contributed by atoms with van der Waals surface area (Å²) in [6.45, 7) is 4.53. The minimum Gasteiger partial charge on any atom is -0.481 e. The van der Waals surface area contributed by atoms with Crippen molar-refractivity contribution in [1.29, 1.82) is 0 Å². The van der Waals surface area contributed by atoms with Gasteiger partial charge in [-0.25, -0.2) is 4.79 Å². The average Bonchev–Trinajstić information content (AvgIpc) is 2.22. The summed E-state index contributed by atoms with van der Waals surface area (Å²) in [5.74, 6) is -0.184. The molecule has 1 aliphatic rings. The van der Waals surface area contributed by atoms with Crippen molar-refractivity contribution in [2.24, 2.45) is 11.3 Å². The summed E-state index contributed by atoms with van der Waals surface area (Å²) < 4.78 is 0. The number of rotatable bonds is 6. The number of amides is 2. The fourth-order valence-electron chi connectivity index (χ4n) is 1.87. The van der Waals surface area contributed by atoms with Gasteiger partial charge in [-0.05, 0) is 39.0 Å². The van der Waals surface area contributed by atoms with Crippen LogP contribution < -0.4 is 5.32 Å². The van der Waals surface area contributed by atoms with E-state index < -0.39 is 11.4 Å². The zero-order chi connectivity index (χ0) is 13.8. The first-order chi connectivity index (χ1) is 8.33. The highest BCUT2D eigenvalue weighted by atomic mass is 16.4. The molecule has 0 heterocycles. The molecular weight excluding hydrogens is 232 g/mol. The molecule has 1 aliphatic carbocycles. The molecule has 104 valence electrons. The number of carboxylic acid groups (broad SMARTS) is 1. The van der Waals surface area contributed by atoms with Gasteiger partial charge >= 0.3 is 12.0 Å². The molecular formula is C13H24N2O3. The Hall–Kier alpha value is -1.26. The van der Waals surface area contributed by atoms with E-state index in [0.717, 1.165) is 6.54 Å². The Kier molecular flexibility index (Phi) is 4.99. The molecule has 0 aliphatic heterocycles. The molecule has 2 amide bonds. The van der Waals surface area contributed by atoms with Gasteiger partial charge in [0.1, 0.15) is 0 Å². The lowest BCUT2D eigenvalue weighted by molar-refractivity contribution is -0.147. The zero-order valence-corrected chi connectivity index (χ0v) is 11.5. The zero-order valence-electron chi connectivity index (χ0n) is 11.5. The van der Waals surface area contributed by atoms with Crippen molar-refractivity contribution < 1.29 is 14.7 Å². The van der Waals surface area contributed by atoms with E-state index in [4.69, 9.17) is 5.11 Å². The van der Waals surface area contributed by atoms with Crippen LogP contribution in [0.1, 0.15) is 39.5 Å². The average molecular weight is 256 g/mol. The number of nitrogens with one attached hydrogen (secondary N) is 1. The molecule has 0 saturated heterocycles. The van der Waals surface area contributed by atoms with Crippen LogP contribution in [0, 0.1) is 11.3 Å². The van der Waals surface area contributed by atoms with Gasteiger partial charge < -0.3 is 15.3 Å². The third-order valence-corrected chi connectivity index (χ3v) is 3.71. The summed E-state index contributed by atoms with van der Waals surface area (Å²) >= 11 is 0. The number of hydrogen-bond acceptors (Lipinski definition) is 2. The SMILES string of the molecule is CN(CC1CCC1)C(=O)NCCC(C)(C)C(=O)O. The highest BCUT2D eigenvalue weighted by molar-refractivity contribution is 5.75. The van der Waals surface area contributed by atoms with Crippen LogP contribution in [0.3, 0.4) is 0 Å². The number of nitrogens with zero attached hydrogens (tertiary/aromatic N) is 1. The molecule has 0 aromatic rings. The molecule has 1 saturated carbocycles. The first-order valence-electron chi connectivity index (χ1n) is 6.55. The van der Waals surface area contributed by atoms with Gasteiger partial charge in [-0.15, -0.1) is 0 Å². The van der Waals surface area contributed by atoms with Crippen LogP contribution in [-0.2, 0) is 4.79 Å². The molecule has 0 unspecified atom stereocenters. The van der Waals surface area contributed by atoms with Gasteiger partial charge in [0.2, 0.25) is 0 Å². The Morgan fingerprint density at radius 2 is 2.00 bits per heavy atom. The number of aliphatic carboxylic acids is 1. The van der Waals surface area contributed by atoms with Crippen molar-refractivity contribution in [2.45, 2.75) is 39.5 Å². The van der Waals surface area contributed by atoms with Crippen molar-refractivity contribution in [3.8, 4) is 0 Å². The van der Waals surface area contributed by atoms with Gasteiger partial charge in [0, 0.05) is 20.1 Å². The van der Waals surface area contributed by atoms with E-state index in [2.05, 4.69) is 5.32 Å². The smallest absolute Gasteiger partial charge is 0.317 e. The maximum atomic E-state index is 11.7. The molecule has 5 heteroatoms. The third-order valence-electron chi connectivity index (χ3n) is 3.71. The molecule has 0 spiro atoms. The van der Waals surface area contributed by atoms with E-state index >= 15 is 0 Å². The molecule has 1 rings (SSSR count). The van der Waals surface area contributed by atoms with Crippen molar-refractivity contribution in [3.63, 3.8) is 0 Å². The van der Waals surface area contributed by atoms with Crippen LogP contribution in [-0.4, -0.2) is 42.1 Å². The van der Waals surface area contributed by atoms with Crippen molar-refractivity contribution in [1.82, 2.24) is 10.2 Å². The van der Waals surface area contributed by atoms with Crippen LogP contribution in [0.5, 0.6) is 0 Å². The fourth-order valence-corrected chi connectivity index (χ4v) is 1.87. The predicted octanol–water partition coefficient (Wildman–Crippen LogP) is 1.93. The lowest BCUT2D eigenvalue weighted by atomic mass is 9.85. The number of carbonyl (C=O) groups excluding carboxylic acids is 1. The summed E-state index contributed by atoms with van der Waals surface area (Å²) in [6.07, 6.45) is 4.13. The summed E-state index contributed by atoms with van der Waals surface area (Å²) in [5.41, 5.74) is -0.792. The normalized spacial score (nSPS) is 15.9. The number of hydrogen-bond donors (Lipinski definition) is 2. The molecule has 18 heavy (non-hydrogen) atoms. The lowest BCUT2D eigenvalue weighted by Crippen LogP contribution is -2.42. The van der Waals surface area contributed by atoms with E-state index in [1.165, 1.54) is 19.3 Å². The standard InChI is InChI=1S/C13H24N2O3/c1-13(2,11(16)17)7-8-14-12(18)15(3)9-10-5-4-6-10/h10H,4-9H2,1-3H3,(H,14,18)(H,16,17). The maximum absolute atomic E-state index is 11.7. The molecule has 0 atom stereocenters. The van der Waals surface area contributed by atoms with E-state index in [9.17, 15) is 9.59 Å². The van der Waals surface area contributed by atoms with Gasteiger partial charge in [-0.2, -0.15) is 0 Å². The van der Waals surface area contributed by atoms with Gasteiger partial charge in [-0.1, -0.05) is 6.42 Å². The van der Waals surface area contributed by atoms with Crippen LogP contribution in [0.25, 0.3) is 0 Å². The Morgan fingerprint density at radius 1 is 1.39 bits per heavy atom. The van der Waals surface area contributed by atoms with E-state index in [1.54, 1.807) is 25.8 Å². The first kappa shape index (κ1) is 14.8. The minimum absolute atomic E-state index is 0.108. The van der Waals surface area contributed by atoms with Gasteiger partial charge in [0.15, 0.2) is 0 Å². The fraction of sp³-hybridized carbons (Fsp3) is 0.846. The van der Waals surface area contributed by atoms with Gasteiger partial charge in [-0.3, -0.25) is 4.79 Å². The molecule has 0 radical (unpaired) electrons. The van der Waals surface area contributed by atoms with Crippen molar-refractivity contribution in [3.05, 3.63) is 0 Å². The van der Waals surface area contributed by atoms with Crippen LogP contribution in [0.4, 0.5) is 4.79 Å². The third kappa shape index (κ3) is 4.20. The summed E-state index contributed by atoms with van der Waals surface area (Å²) in [7, 11) is 1.79. The molecule has 5 nitrogen and oxygen atoms in total. The quantitative estimate of drug-likeness (QED) is 0.763. The molecule has 1 fully saturated rings. The molecule has 2 N–H and O–H groups in total. The number of carbonyl (C=O) groups is 2. The summed E-state index contributed by atoms with van der Waals surface area (Å²) in [6, 6.07) is -0.108. The second-order valence-corrected chi connectivity index (χ2v) is 5.85. The Balaban J connectivity index is 2.21.